The van der Waals surface area contributed by atoms with E-state index in [1.807, 2.05) is 13.1 Å². The van der Waals surface area contributed by atoms with E-state index in [4.69, 9.17) is 22.2 Å². The summed E-state index contributed by atoms with van der Waals surface area (Å²) in [6, 6.07) is 5.18. The average molecular weight is 346 g/mol. The van der Waals surface area contributed by atoms with Gasteiger partial charge in [-0.05, 0) is 28.1 Å². The summed E-state index contributed by atoms with van der Waals surface area (Å²) in [4.78, 5) is 0. The lowest BCUT2D eigenvalue weighted by atomic mass is 10.0. The number of aryl methyl sites for hydroxylation is 1. The second-order valence-corrected chi connectivity index (χ2v) is 5.28. The molecule has 2 aromatic rings. The summed E-state index contributed by atoms with van der Waals surface area (Å²) in [7, 11) is 3.45. The van der Waals surface area contributed by atoms with Crippen LogP contribution in [0, 0.1) is 0 Å². The van der Waals surface area contributed by atoms with Gasteiger partial charge in [-0.2, -0.15) is 5.10 Å². The minimum atomic E-state index is -0.255. The zero-order valence-electron chi connectivity index (χ0n) is 10.5. The van der Waals surface area contributed by atoms with Gasteiger partial charge in [-0.1, -0.05) is 17.7 Å². The first kappa shape index (κ1) is 14.3. The number of hydrogen-bond donors (Lipinski definition) is 2. The molecule has 3 N–H and O–H groups in total. The van der Waals surface area contributed by atoms with E-state index >= 15 is 0 Å². The van der Waals surface area contributed by atoms with Crippen LogP contribution in [0.15, 0.2) is 28.9 Å². The van der Waals surface area contributed by atoms with E-state index in [-0.39, 0.29) is 6.04 Å². The van der Waals surface area contributed by atoms with Gasteiger partial charge in [0.1, 0.15) is 5.75 Å². The maximum Gasteiger partial charge on any atom is 0.125 e. The highest BCUT2D eigenvalue weighted by Crippen LogP contribution is 2.34. The first-order valence-electron chi connectivity index (χ1n) is 5.55. The fourth-order valence-electron chi connectivity index (χ4n) is 1.98. The second kappa shape index (κ2) is 5.92. The maximum absolute atomic E-state index is 5.97. The Morgan fingerprint density at radius 1 is 1.53 bits per heavy atom. The number of ether oxygens (including phenoxy) is 1. The third-order valence-electron chi connectivity index (χ3n) is 2.88. The van der Waals surface area contributed by atoms with E-state index in [0.29, 0.717) is 10.8 Å². The van der Waals surface area contributed by atoms with Gasteiger partial charge in [-0.3, -0.25) is 10.5 Å². The highest BCUT2D eigenvalue weighted by Gasteiger charge is 2.22. The number of nitrogens with one attached hydrogen (secondary N) is 1. The molecule has 0 aliphatic carbocycles. The number of methoxy groups -OCH3 is 1. The highest BCUT2D eigenvalue weighted by atomic mass is 79.9. The van der Waals surface area contributed by atoms with E-state index < -0.39 is 0 Å². The normalized spacial score (nSPS) is 12.5. The largest absolute Gasteiger partial charge is 0.496 e. The smallest absolute Gasteiger partial charge is 0.125 e. The Kier molecular flexibility index (Phi) is 4.46. The first-order chi connectivity index (χ1) is 9.08. The molecule has 1 atom stereocenters. The minimum Gasteiger partial charge on any atom is -0.496 e. The lowest BCUT2D eigenvalue weighted by molar-refractivity contribution is 0.402. The molecule has 1 aromatic carbocycles. The molecule has 0 aliphatic rings. The van der Waals surface area contributed by atoms with Crippen LogP contribution in [0.3, 0.4) is 0 Å². The first-order valence-corrected chi connectivity index (χ1v) is 6.72. The minimum absolute atomic E-state index is 0.255. The van der Waals surface area contributed by atoms with Gasteiger partial charge in [-0.25, -0.2) is 5.43 Å². The molecule has 0 spiro atoms. The molecule has 0 saturated carbocycles. The van der Waals surface area contributed by atoms with Crippen molar-refractivity contribution in [3.8, 4) is 5.75 Å². The summed E-state index contributed by atoms with van der Waals surface area (Å²) < 4.78 is 7.98. The molecule has 7 heteroatoms. The van der Waals surface area contributed by atoms with Crippen molar-refractivity contribution in [3.63, 3.8) is 0 Å². The Labute approximate surface area is 124 Å². The number of hydrogen-bond acceptors (Lipinski definition) is 4. The van der Waals surface area contributed by atoms with Gasteiger partial charge >= 0.3 is 0 Å². The number of halogens is 2. The molecule has 2 rings (SSSR count). The van der Waals surface area contributed by atoms with Crippen molar-refractivity contribution in [2.45, 2.75) is 6.04 Å². The molecule has 102 valence electrons. The van der Waals surface area contributed by atoms with E-state index in [1.54, 1.807) is 30.1 Å². The quantitative estimate of drug-likeness (QED) is 0.660. The fraction of sp³-hybridized carbons (Fsp3) is 0.250. The summed E-state index contributed by atoms with van der Waals surface area (Å²) >= 11 is 9.44. The topological polar surface area (TPSA) is 65.1 Å². The molecule has 1 unspecified atom stereocenters. The molecular formula is C12H14BrClN4O. The number of aromatic nitrogens is 2. The van der Waals surface area contributed by atoms with Crippen LogP contribution in [0.2, 0.25) is 5.02 Å². The average Bonchev–Trinajstić information content (AvgIpc) is 2.73. The monoisotopic (exact) mass is 344 g/mol. The Balaban J connectivity index is 2.54. The SMILES string of the molecule is COc1cc(Cl)ccc1C(NN)c1c(Br)cnn1C. The van der Waals surface area contributed by atoms with Crippen molar-refractivity contribution in [2.75, 3.05) is 7.11 Å². The van der Waals surface area contributed by atoms with Crippen LogP contribution in [-0.4, -0.2) is 16.9 Å². The van der Waals surface area contributed by atoms with Gasteiger partial charge in [0.2, 0.25) is 0 Å². The van der Waals surface area contributed by atoms with Crippen molar-refractivity contribution >= 4 is 27.5 Å². The van der Waals surface area contributed by atoms with Crippen LogP contribution in [0.5, 0.6) is 5.75 Å². The fourth-order valence-corrected chi connectivity index (χ4v) is 2.72. The second-order valence-electron chi connectivity index (χ2n) is 3.99. The number of nitrogens with zero attached hydrogens (tertiary/aromatic N) is 2. The van der Waals surface area contributed by atoms with Crippen LogP contribution < -0.4 is 16.0 Å². The molecule has 19 heavy (non-hydrogen) atoms. The van der Waals surface area contributed by atoms with Crippen molar-refractivity contribution < 1.29 is 4.74 Å². The molecule has 0 saturated heterocycles. The summed E-state index contributed by atoms with van der Waals surface area (Å²) in [5, 5.41) is 4.80. The number of nitrogens with two attached hydrogens (primary N) is 1. The van der Waals surface area contributed by atoms with E-state index in [2.05, 4.69) is 26.5 Å². The zero-order valence-corrected chi connectivity index (χ0v) is 12.9. The molecule has 0 fully saturated rings. The van der Waals surface area contributed by atoms with Crippen molar-refractivity contribution in [3.05, 3.63) is 45.1 Å². The maximum atomic E-state index is 5.97. The molecule has 1 heterocycles. The summed E-state index contributed by atoms with van der Waals surface area (Å²) in [6.45, 7) is 0. The molecule has 1 aromatic heterocycles. The van der Waals surface area contributed by atoms with Crippen molar-refractivity contribution in [2.24, 2.45) is 12.9 Å². The van der Waals surface area contributed by atoms with Crippen LogP contribution in [-0.2, 0) is 7.05 Å². The molecule has 5 nitrogen and oxygen atoms in total. The van der Waals surface area contributed by atoms with Gasteiger partial charge in [0.15, 0.2) is 0 Å². The third-order valence-corrected chi connectivity index (χ3v) is 3.73. The van der Waals surface area contributed by atoms with E-state index in [9.17, 15) is 0 Å². The van der Waals surface area contributed by atoms with Crippen molar-refractivity contribution in [1.29, 1.82) is 0 Å². The Morgan fingerprint density at radius 2 is 2.26 bits per heavy atom. The summed E-state index contributed by atoms with van der Waals surface area (Å²) in [5.74, 6) is 6.36. The Bertz CT molecular complexity index is 568. The van der Waals surface area contributed by atoms with Gasteiger partial charge in [0, 0.05) is 17.6 Å². The molecule has 0 amide bonds. The lowest BCUT2D eigenvalue weighted by Gasteiger charge is -2.20. The van der Waals surface area contributed by atoms with Gasteiger partial charge < -0.3 is 4.74 Å². The molecule has 0 aliphatic heterocycles. The highest BCUT2D eigenvalue weighted by molar-refractivity contribution is 9.10. The van der Waals surface area contributed by atoms with Crippen LogP contribution in [0.25, 0.3) is 0 Å². The number of rotatable bonds is 4. The predicted octanol–water partition coefficient (Wildman–Crippen LogP) is 2.40. The van der Waals surface area contributed by atoms with E-state index in [0.717, 1.165) is 15.7 Å². The Morgan fingerprint density at radius 3 is 2.79 bits per heavy atom. The molecule has 0 radical (unpaired) electrons. The zero-order chi connectivity index (χ0) is 14.0. The van der Waals surface area contributed by atoms with E-state index in [1.165, 1.54) is 0 Å². The summed E-state index contributed by atoms with van der Waals surface area (Å²) in [5.41, 5.74) is 4.58. The summed E-state index contributed by atoms with van der Waals surface area (Å²) in [6.07, 6.45) is 1.72. The van der Waals surface area contributed by atoms with Crippen LogP contribution >= 0.6 is 27.5 Å². The molecular weight excluding hydrogens is 332 g/mol. The van der Waals surface area contributed by atoms with Gasteiger partial charge in [-0.15, -0.1) is 0 Å². The lowest BCUT2D eigenvalue weighted by Crippen LogP contribution is -2.31. The third kappa shape index (κ3) is 2.76. The van der Waals surface area contributed by atoms with Crippen LogP contribution in [0.4, 0.5) is 0 Å². The predicted molar refractivity (Wildman–Crippen MR) is 78.1 cm³/mol. The van der Waals surface area contributed by atoms with Gasteiger partial charge in [0.25, 0.3) is 0 Å². The number of benzene rings is 1. The number of hydrazine groups is 1. The van der Waals surface area contributed by atoms with Crippen LogP contribution in [0.1, 0.15) is 17.3 Å². The van der Waals surface area contributed by atoms with Gasteiger partial charge in [0.05, 0.1) is 29.5 Å². The molecule has 0 bridgehead atoms. The van der Waals surface area contributed by atoms with Crippen molar-refractivity contribution in [1.82, 2.24) is 15.2 Å². The Hall–Kier alpha value is -1.08. The standard InChI is InChI=1S/C12H14BrClN4O/c1-18-12(9(13)6-16-18)11(17-15)8-4-3-7(14)5-10(8)19-2/h3-6,11,17H,15H2,1-2H3.